The summed E-state index contributed by atoms with van der Waals surface area (Å²) >= 11 is 0. The van der Waals surface area contributed by atoms with Crippen LogP contribution in [0.15, 0.2) is 11.1 Å². The van der Waals surface area contributed by atoms with Crippen LogP contribution in [0, 0.1) is 17.3 Å². The molecule has 1 fully saturated rings. The van der Waals surface area contributed by atoms with Crippen molar-refractivity contribution in [2.45, 2.75) is 32.6 Å². The van der Waals surface area contributed by atoms with Crippen LogP contribution in [-0.2, 0) is 23.9 Å². The number of allylic oxidation sites excluding steroid dienone is 2. The Morgan fingerprint density at radius 3 is 1.95 bits per heavy atom. The van der Waals surface area contributed by atoms with E-state index < -0.39 is 11.4 Å². The SMILES string of the molecule is COC(=O)C1(C(C)=O)CC2=C(C[C@H]3C(=O)NC(=O)[C@H]3C2)C1. The Labute approximate surface area is 121 Å². The lowest BCUT2D eigenvalue weighted by molar-refractivity contribution is -0.156. The molecule has 1 unspecified atom stereocenters. The number of ketones is 1. The number of Topliss-reactive ketones (excluding diaryl/α,β-unsaturated/α-hetero) is 1. The molecule has 1 saturated heterocycles. The van der Waals surface area contributed by atoms with Crippen molar-refractivity contribution in [2.24, 2.45) is 17.3 Å². The molecular formula is C15H17NO5. The van der Waals surface area contributed by atoms with Gasteiger partial charge in [-0.15, -0.1) is 0 Å². The zero-order valence-corrected chi connectivity index (χ0v) is 12.0. The van der Waals surface area contributed by atoms with Gasteiger partial charge in [0.05, 0.1) is 18.9 Å². The first-order chi connectivity index (χ1) is 9.89. The van der Waals surface area contributed by atoms with Crippen LogP contribution >= 0.6 is 0 Å². The molecule has 2 aliphatic carbocycles. The van der Waals surface area contributed by atoms with Crippen LogP contribution in [0.4, 0.5) is 0 Å². The molecule has 0 saturated carbocycles. The summed E-state index contributed by atoms with van der Waals surface area (Å²) in [4.78, 5) is 47.7. The van der Waals surface area contributed by atoms with E-state index in [-0.39, 0.29) is 29.4 Å². The molecule has 6 nitrogen and oxygen atoms in total. The van der Waals surface area contributed by atoms with Gasteiger partial charge in [0.2, 0.25) is 11.8 Å². The zero-order chi connectivity index (χ0) is 15.4. The van der Waals surface area contributed by atoms with Crippen LogP contribution in [0.25, 0.3) is 0 Å². The van der Waals surface area contributed by atoms with E-state index in [1.807, 2.05) is 0 Å². The summed E-state index contributed by atoms with van der Waals surface area (Å²) in [7, 11) is 1.27. The monoisotopic (exact) mass is 291 g/mol. The molecular weight excluding hydrogens is 274 g/mol. The first kappa shape index (κ1) is 14.0. The summed E-state index contributed by atoms with van der Waals surface area (Å²) in [6.45, 7) is 1.40. The molecule has 0 aromatic heterocycles. The summed E-state index contributed by atoms with van der Waals surface area (Å²) < 4.78 is 4.81. The molecule has 0 aromatic carbocycles. The average molecular weight is 291 g/mol. The average Bonchev–Trinajstić information content (AvgIpc) is 2.95. The highest BCUT2D eigenvalue weighted by molar-refractivity contribution is 6.06. The van der Waals surface area contributed by atoms with Gasteiger partial charge in [-0.2, -0.15) is 0 Å². The summed E-state index contributed by atoms with van der Waals surface area (Å²) in [5, 5.41) is 2.36. The van der Waals surface area contributed by atoms with Crippen molar-refractivity contribution in [3.8, 4) is 0 Å². The first-order valence-corrected chi connectivity index (χ1v) is 7.03. The summed E-state index contributed by atoms with van der Waals surface area (Å²) in [6, 6.07) is 0. The highest BCUT2D eigenvalue weighted by Crippen LogP contribution is 2.52. The van der Waals surface area contributed by atoms with Crippen molar-refractivity contribution in [1.82, 2.24) is 5.32 Å². The number of ether oxygens (including phenoxy) is 1. The van der Waals surface area contributed by atoms with Crippen molar-refractivity contribution in [3.05, 3.63) is 11.1 Å². The number of carbonyl (C=O) groups is 4. The van der Waals surface area contributed by atoms with Gasteiger partial charge in [-0.1, -0.05) is 11.1 Å². The van der Waals surface area contributed by atoms with Crippen molar-refractivity contribution >= 4 is 23.6 Å². The summed E-state index contributed by atoms with van der Waals surface area (Å²) in [6.07, 6.45) is 1.55. The van der Waals surface area contributed by atoms with E-state index in [4.69, 9.17) is 4.74 Å². The van der Waals surface area contributed by atoms with E-state index >= 15 is 0 Å². The second kappa shape index (κ2) is 4.51. The van der Waals surface area contributed by atoms with Gasteiger partial charge in [0.1, 0.15) is 11.2 Å². The number of imide groups is 1. The second-order valence-electron chi connectivity index (χ2n) is 6.17. The number of hydrogen-bond acceptors (Lipinski definition) is 5. The largest absolute Gasteiger partial charge is 0.468 e. The fourth-order valence-electron chi connectivity index (χ4n) is 3.88. The van der Waals surface area contributed by atoms with E-state index in [2.05, 4.69) is 5.32 Å². The maximum absolute atomic E-state index is 12.1. The Balaban J connectivity index is 1.90. The molecule has 3 atom stereocenters. The lowest BCUT2D eigenvalue weighted by atomic mass is 9.78. The third-order valence-electron chi connectivity index (χ3n) is 5.12. The van der Waals surface area contributed by atoms with Gasteiger partial charge >= 0.3 is 5.97 Å². The fourth-order valence-corrected chi connectivity index (χ4v) is 3.88. The number of rotatable bonds is 2. The zero-order valence-electron chi connectivity index (χ0n) is 12.0. The molecule has 2 amide bonds. The van der Waals surface area contributed by atoms with Gasteiger partial charge in [-0.25, -0.2) is 0 Å². The smallest absolute Gasteiger partial charge is 0.320 e. The molecule has 21 heavy (non-hydrogen) atoms. The van der Waals surface area contributed by atoms with E-state index in [9.17, 15) is 19.2 Å². The minimum Gasteiger partial charge on any atom is -0.468 e. The topological polar surface area (TPSA) is 89.5 Å². The van der Waals surface area contributed by atoms with Crippen LogP contribution in [0.3, 0.4) is 0 Å². The van der Waals surface area contributed by atoms with E-state index in [0.717, 1.165) is 11.1 Å². The highest BCUT2D eigenvalue weighted by atomic mass is 16.5. The lowest BCUT2D eigenvalue weighted by Crippen LogP contribution is -2.37. The van der Waals surface area contributed by atoms with Gasteiger partial charge in [-0.05, 0) is 32.6 Å². The Morgan fingerprint density at radius 1 is 1.10 bits per heavy atom. The molecule has 6 heteroatoms. The number of methoxy groups -OCH3 is 1. The third kappa shape index (κ3) is 1.85. The van der Waals surface area contributed by atoms with Gasteiger partial charge in [-0.3, -0.25) is 24.5 Å². The van der Waals surface area contributed by atoms with Crippen molar-refractivity contribution in [3.63, 3.8) is 0 Å². The quantitative estimate of drug-likeness (QED) is 0.346. The van der Waals surface area contributed by atoms with Gasteiger partial charge in [0.25, 0.3) is 0 Å². The molecule has 0 bridgehead atoms. The summed E-state index contributed by atoms with van der Waals surface area (Å²) in [5.41, 5.74) is 0.792. The Morgan fingerprint density at radius 2 is 1.57 bits per heavy atom. The number of nitrogens with one attached hydrogen (secondary N) is 1. The molecule has 1 heterocycles. The second-order valence-corrected chi connectivity index (χ2v) is 6.17. The van der Waals surface area contributed by atoms with Crippen molar-refractivity contribution in [1.29, 1.82) is 0 Å². The molecule has 0 radical (unpaired) electrons. The van der Waals surface area contributed by atoms with Crippen LogP contribution in [0.5, 0.6) is 0 Å². The number of fused-ring (bicyclic) bond motifs is 1. The molecule has 112 valence electrons. The highest BCUT2D eigenvalue weighted by Gasteiger charge is 2.54. The number of amides is 2. The molecule has 1 aliphatic heterocycles. The molecule has 1 N–H and O–H groups in total. The third-order valence-corrected chi connectivity index (χ3v) is 5.12. The fraction of sp³-hybridized carbons (Fsp3) is 0.600. The lowest BCUT2D eigenvalue weighted by Gasteiger charge is -2.23. The van der Waals surface area contributed by atoms with E-state index in [0.29, 0.717) is 25.7 Å². The first-order valence-electron chi connectivity index (χ1n) is 7.03. The standard InChI is InChI=1S/C15H17NO5/c1-7(17)15(14(20)21-2)5-8-3-10-11(4-9(8)6-15)13(19)16-12(10)18/h10-11H,3-6H2,1-2H3,(H,16,18,19)/t10-,11+,15?. The normalized spacial score (nSPS) is 34.4. The maximum Gasteiger partial charge on any atom is 0.320 e. The predicted octanol–water partition coefficient (Wildman–Crippen LogP) is 0.508. The Kier molecular flexibility index (Phi) is 3.00. The van der Waals surface area contributed by atoms with Gasteiger partial charge in [0.15, 0.2) is 0 Å². The predicted molar refractivity (Wildman–Crippen MR) is 70.8 cm³/mol. The van der Waals surface area contributed by atoms with E-state index in [1.54, 1.807) is 0 Å². The number of esters is 1. The molecule has 0 aromatic rings. The van der Waals surface area contributed by atoms with Gasteiger partial charge < -0.3 is 4.74 Å². The molecule has 0 spiro atoms. The van der Waals surface area contributed by atoms with Crippen LogP contribution < -0.4 is 5.32 Å². The van der Waals surface area contributed by atoms with Crippen molar-refractivity contribution < 1.29 is 23.9 Å². The van der Waals surface area contributed by atoms with Crippen LogP contribution in [0.2, 0.25) is 0 Å². The van der Waals surface area contributed by atoms with E-state index in [1.165, 1.54) is 14.0 Å². The minimum absolute atomic E-state index is 0.218. The van der Waals surface area contributed by atoms with Gasteiger partial charge in [0, 0.05) is 0 Å². The van der Waals surface area contributed by atoms with Crippen LogP contribution in [0.1, 0.15) is 32.6 Å². The van der Waals surface area contributed by atoms with Crippen LogP contribution in [-0.4, -0.2) is 30.7 Å². The number of hydrogen-bond donors (Lipinski definition) is 1. The molecule has 3 aliphatic rings. The maximum atomic E-state index is 12.1. The molecule has 3 rings (SSSR count). The summed E-state index contributed by atoms with van der Waals surface area (Å²) in [5.74, 6) is -1.92. The van der Waals surface area contributed by atoms with Crippen molar-refractivity contribution in [2.75, 3.05) is 7.11 Å². The minimum atomic E-state index is -1.16. The Hall–Kier alpha value is -1.98. The number of carbonyl (C=O) groups excluding carboxylic acids is 4. The Bertz CT molecular complexity index is 569.